The molecule has 154 valence electrons. The third kappa shape index (κ3) is 3.28. The number of fused-ring (bicyclic) bond motifs is 2. The van der Waals surface area contributed by atoms with Crippen LogP contribution in [0.5, 0.6) is 0 Å². The second-order valence-electron chi connectivity index (χ2n) is 7.89. The second kappa shape index (κ2) is 7.13. The van der Waals surface area contributed by atoms with E-state index < -0.39 is 0 Å². The van der Waals surface area contributed by atoms with E-state index in [2.05, 4.69) is 31.9 Å². The van der Waals surface area contributed by atoms with Crippen LogP contribution in [0, 0.1) is 0 Å². The van der Waals surface area contributed by atoms with E-state index in [1.54, 1.807) is 4.68 Å². The maximum absolute atomic E-state index is 11.5. The van der Waals surface area contributed by atoms with Crippen molar-refractivity contribution in [3.8, 4) is 11.3 Å². The Labute approximate surface area is 176 Å². The molecule has 2 N–H and O–H groups in total. The van der Waals surface area contributed by atoms with Crippen LogP contribution in [0.3, 0.4) is 0 Å². The first-order valence-electron chi connectivity index (χ1n) is 10.3. The Balaban J connectivity index is 1.33. The maximum Gasteiger partial charge on any atom is 0.248 e. The number of pyridine rings is 2. The van der Waals surface area contributed by atoms with E-state index in [1.807, 2.05) is 47.3 Å². The SMILES string of the molecule is O=c1ccc2cc(Cn3nnc4ccc(-c5cnn([C@H]6CCNC6)c5)nc43)ccc2[nH]1. The van der Waals surface area contributed by atoms with Gasteiger partial charge in [-0.05, 0) is 54.2 Å². The highest BCUT2D eigenvalue weighted by Crippen LogP contribution is 2.23. The molecular weight excluding hydrogens is 392 g/mol. The minimum absolute atomic E-state index is 0.105. The van der Waals surface area contributed by atoms with Gasteiger partial charge in [0.25, 0.3) is 0 Å². The number of hydrogen-bond donors (Lipinski definition) is 2. The molecule has 1 aliphatic rings. The lowest BCUT2D eigenvalue weighted by atomic mass is 10.1. The Kier molecular flexibility index (Phi) is 4.13. The summed E-state index contributed by atoms with van der Waals surface area (Å²) >= 11 is 0. The summed E-state index contributed by atoms with van der Waals surface area (Å²) < 4.78 is 3.83. The molecule has 5 aromatic rings. The highest BCUT2D eigenvalue weighted by atomic mass is 16.1. The second-order valence-corrected chi connectivity index (χ2v) is 7.89. The van der Waals surface area contributed by atoms with Crippen molar-refractivity contribution in [2.24, 2.45) is 0 Å². The Morgan fingerprint density at radius 1 is 1.13 bits per heavy atom. The summed E-state index contributed by atoms with van der Waals surface area (Å²) in [5.41, 5.74) is 5.08. The van der Waals surface area contributed by atoms with Crippen LogP contribution < -0.4 is 10.9 Å². The van der Waals surface area contributed by atoms with Crippen LogP contribution in [-0.4, -0.2) is 47.8 Å². The Bertz CT molecular complexity index is 1460. The number of hydrogen-bond acceptors (Lipinski definition) is 6. The lowest BCUT2D eigenvalue weighted by Gasteiger charge is -2.07. The van der Waals surface area contributed by atoms with Gasteiger partial charge in [0.1, 0.15) is 5.52 Å². The zero-order chi connectivity index (χ0) is 20.8. The summed E-state index contributed by atoms with van der Waals surface area (Å²) in [6.07, 6.45) is 5.01. The van der Waals surface area contributed by atoms with E-state index in [9.17, 15) is 4.79 Å². The summed E-state index contributed by atoms with van der Waals surface area (Å²) in [6.45, 7) is 2.51. The summed E-state index contributed by atoms with van der Waals surface area (Å²) in [4.78, 5) is 19.2. The number of aromatic amines is 1. The fourth-order valence-corrected chi connectivity index (χ4v) is 4.13. The molecule has 1 fully saturated rings. The molecule has 9 heteroatoms. The lowest BCUT2D eigenvalue weighted by molar-refractivity contribution is 0.491. The highest BCUT2D eigenvalue weighted by Gasteiger charge is 2.18. The first-order valence-corrected chi connectivity index (χ1v) is 10.3. The largest absolute Gasteiger partial charge is 0.322 e. The molecule has 1 atom stereocenters. The summed E-state index contributed by atoms with van der Waals surface area (Å²) in [6, 6.07) is 13.6. The number of benzene rings is 1. The van der Waals surface area contributed by atoms with Gasteiger partial charge in [0.15, 0.2) is 5.65 Å². The van der Waals surface area contributed by atoms with E-state index in [4.69, 9.17) is 4.98 Å². The molecule has 0 bridgehead atoms. The van der Waals surface area contributed by atoms with Gasteiger partial charge in [-0.1, -0.05) is 11.3 Å². The van der Waals surface area contributed by atoms with Gasteiger partial charge in [-0.15, -0.1) is 5.10 Å². The maximum atomic E-state index is 11.5. The van der Waals surface area contributed by atoms with Gasteiger partial charge >= 0.3 is 0 Å². The predicted molar refractivity (Wildman–Crippen MR) is 117 cm³/mol. The van der Waals surface area contributed by atoms with Crippen molar-refractivity contribution in [1.29, 1.82) is 0 Å². The van der Waals surface area contributed by atoms with E-state index >= 15 is 0 Å². The molecule has 0 spiro atoms. The summed E-state index contributed by atoms with van der Waals surface area (Å²) in [5.74, 6) is 0. The minimum Gasteiger partial charge on any atom is -0.322 e. The normalized spacial score (nSPS) is 16.5. The highest BCUT2D eigenvalue weighted by molar-refractivity contribution is 5.79. The zero-order valence-electron chi connectivity index (χ0n) is 16.7. The quantitative estimate of drug-likeness (QED) is 0.468. The molecule has 1 aliphatic heterocycles. The van der Waals surface area contributed by atoms with Gasteiger partial charge in [-0.3, -0.25) is 9.48 Å². The van der Waals surface area contributed by atoms with Crippen LogP contribution in [0.25, 0.3) is 33.3 Å². The van der Waals surface area contributed by atoms with Gasteiger partial charge in [0.05, 0.1) is 24.5 Å². The molecule has 6 rings (SSSR count). The van der Waals surface area contributed by atoms with Gasteiger partial charge < -0.3 is 10.3 Å². The van der Waals surface area contributed by atoms with Gasteiger partial charge in [0.2, 0.25) is 5.56 Å². The number of nitrogens with zero attached hydrogens (tertiary/aromatic N) is 6. The van der Waals surface area contributed by atoms with Crippen LogP contribution in [0.4, 0.5) is 0 Å². The number of aromatic nitrogens is 7. The van der Waals surface area contributed by atoms with Crippen molar-refractivity contribution >= 4 is 22.1 Å². The third-order valence-corrected chi connectivity index (χ3v) is 5.79. The molecule has 0 amide bonds. The van der Waals surface area contributed by atoms with Crippen molar-refractivity contribution in [3.63, 3.8) is 0 Å². The van der Waals surface area contributed by atoms with Crippen molar-refractivity contribution in [1.82, 2.24) is 40.1 Å². The molecule has 0 aliphatic carbocycles. The summed E-state index contributed by atoms with van der Waals surface area (Å²) in [7, 11) is 0. The number of nitrogens with one attached hydrogen (secondary N) is 2. The van der Waals surface area contributed by atoms with E-state index in [1.165, 1.54) is 6.07 Å². The standard InChI is InChI=1S/C22H20N8O/c31-21-6-2-15-9-14(1-3-18(15)25-21)12-30-22-20(27-28-30)5-4-19(26-22)16-10-24-29(13-16)17-7-8-23-11-17/h1-6,9-10,13,17,23H,7-8,11-12H2,(H,25,31)/t17-/m0/s1. The molecule has 0 unspecified atom stereocenters. The molecule has 31 heavy (non-hydrogen) atoms. The van der Waals surface area contributed by atoms with Crippen LogP contribution in [0.1, 0.15) is 18.0 Å². The number of H-pyrrole nitrogens is 1. The van der Waals surface area contributed by atoms with Gasteiger partial charge in [0, 0.05) is 29.9 Å². The molecular formula is C22H20N8O. The fourth-order valence-electron chi connectivity index (χ4n) is 4.13. The number of rotatable bonds is 4. The summed E-state index contributed by atoms with van der Waals surface area (Å²) in [5, 5.41) is 17.5. The topological polar surface area (TPSA) is 106 Å². The molecule has 0 saturated carbocycles. The average Bonchev–Trinajstić information content (AvgIpc) is 3.54. The average molecular weight is 412 g/mol. The van der Waals surface area contributed by atoms with Crippen molar-refractivity contribution in [2.45, 2.75) is 19.0 Å². The van der Waals surface area contributed by atoms with Crippen LogP contribution in [0.15, 0.2) is 59.7 Å². The minimum atomic E-state index is -0.105. The molecule has 4 aromatic heterocycles. The van der Waals surface area contributed by atoms with Gasteiger partial charge in [-0.25, -0.2) is 9.67 Å². The van der Waals surface area contributed by atoms with Crippen molar-refractivity contribution in [3.05, 3.63) is 70.8 Å². The Morgan fingerprint density at radius 2 is 2.10 bits per heavy atom. The molecule has 1 saturated heterocycles. The molecule has 1 aromatic carbocycles. The molecule has 5 heterocycles. The third-order valence-electron chi connectivity index (χ3n) is 5.79. The molecule has 9 nitrogen and oxygen atoms in total. The van der Waals surface area contributed by atoms with Crippen molar-refractivity contribution in [2.75, 3.05) is 13.1 Å². The van der Waals surface area contributed by atoms with E-state index in [0.29, 0.717) is 12.6 Å². The fraction of sp³-hybridized carbons (Fsp3) is 0.227. The van der Waals surface area contributed by atoms with E-state index in [-0.39, 0.29) is 5.56 Å². The monoisotopic (exact) mass is 412 g/mol. The van der Waals surface area contributed by atoms with Crippen LogP contribution in [0.2, 0.25) is 0 Å². The smallest absolute Gasteiger partial charge is 0.248 e. The van der Waals surface area contributed by atoms with Crippen LogP contribution >= 0.6 is 0 Å². The van der Waals surface area contributed by atoms with Crippen molar-refractivity contribution < 1.29 is 0 Å². The van der Waals surface area contributed by atoms with Gasteiger partial charge in [-0.2, -0.15) is 5.10 Å². The Hall–Kier alpha value is -3.85. The first-order chi connectivity index (χ1) is 15.2. The van der Waals surface area contributed by atoms with Crippen LogP contribution in [-0.2, 0) is 6.54 Å². The molecule has 0 radical (unpaired) electrons. The first kappa shape index (κ1) is 18.0. The van der Waals surface area contributed by atoms with E-state index in [0.717, 1.165) is 58.4 Å². The zero-order valence-corrected chi connectivity index (χ0v) is 16.7. The Morgan fingerprint density at radius 3 is 3.00 bits per heavy atom. The lowest BCUT2D eigenvalue weighted by Crippen LogP contribution is -2.13. The predicted octanol–water partition coefficient (Wildman–Crippen LogP) is 2.11.